The fraction of sp³-hybridized carbons (Fsp3) is 0.375. The number of carbonyl (C=O) groups is 2. The molecule has 4 rings (SSSR count). The summed E-state index contributed by atoms with van der Waals surface area (Å²) >= 11 is 0. The number of anilines is 1. The van der Waals surface area contributed by atoms with Gasteiger partial charge in [-0.3, -0.25) is 19.7 Å². The number of rotatable bonds is 3. The standard InChI is InChI=1S/C16H14N2O6/c1-16-6-5-11(24-16)12-13(16)15(20)17(14(12)19)9-4-3-8(23-2)7-10(9)18(21)22/h3-7,11-13H,1-2H3/t11-,12-,13-,16+/m0/s1. The topological polar surface area (TPSA) is 99.0 Å². The van der Waals surface area contributed by atoms with Crippen LogP contribution in [0.4, 0.5) is 11.4 Å². The van der Waals surface area contributed by atoms with E-state index >= 15 is 0 Å². The Morgan fingerprint density at radius 2 is 2.08 bits per heavy atom. The molecule has 2 saturated heterocycles. The van der Waals surface area contributed by atoms with E-state index in [0.717, 1.165) is 4.90 Å². The average molecular weight is 330 g/mol. The van der Waals surface area contributed by atoms with Crippen LogP contribution in [-0.4, -0.2) is 35.6 Å². The number of nitro groups is 1. The van der Waals surface area contributed by atoms with Gasteiger partial charge in [-0.15, -0.1) is 0 Å². The van der Waals surface area contributed by atoms with Crippen LogP contribution in [0.1, 0.15) is 6.92 Å². The maximum Gasteiger partial charge on any atom is 0.297 e. The number of ether oxygens (including phenoxy) is 2. The summed E-state index contributed by atoms with van der Waals surface area (Å²) in [7, 11) is 1.39. The fourth-order valence-electron chi connectivity index (χ4n) is 3.86. The van der Waals surface area contributed by atoms with Gasteiger partial charge in [-0.2, -0.15) is 0 Å². The first-order valence-corrected chi connectivity index (χ1v) is 7.45. The quantitative estimate of drug-likeness (QED) is 0.360. The lowest BCUT2D eigenvalue weighted by atomic mass is 9.78. The molecule has 2 fully saturated rings. The molecule has 3 heterocycles. The van der Waals surface area contributed by atoms with Crippen molar-refractivity contribution in [3.8, 4) is 5.75 Å². The molecule has 0 saturated carbocycles. The van der Waals surface area contributed by atoms with Crippen molar-refractivity contribution in [1.29, 1.82) is 0 Å². The van der Waals surface area contributed by atoms with Gasteiger partial charge in [0.2, 0.25) is 11.8 Å². The number of methoxy groups -OCH3 is 1. The molecule has 8 heteroatoms. The summed E-state index contributed by atoms with van der Waals surface area (Å²) in [4.78, 5) is 37.3. The van der Waals surface area contributed by atoms with Gasteiger partial charge in [0.05, 0.1) is 41.6 Å². The molecule has 0 unspecified atom stereocenters. The zero-order valence-electron chi connectivity index (χ0n) is 13.0. The molecule has 0 spiro atoms. The van der Waals surface area contributed by atoms with E-state index in [-0.39, 0.29) is 17.1 Å². The molecule has 0 aromatic heterocycles. The Morgan fingerprint density at radius 3 is 2.71 bits per heavy atom. The van der Waals surface area contributed by atoms with Crippen LogP contribution in [0.2, 0.25) is 0 Å². The maximum absolute atomic E-state index is 12.9. The Morgan fingerprint density at radius 1 is 1.33 bits per heavy atom. The van der Waals surface area contributed by atoms with Gasteiger partial charge in [-0.25, -0.2) is 4.90 Å². The second kappa shape index (κ2) is 4.64. The highest BCUT2D eigenvalue weighted by Gasteiger charge is 2.66. The molecule has 0 aliphatic carbocycles. The van der Waals surface area contributed by atoms with Gasteiger partial charge in [0, 0.05) is 0 Å². The van der Waals surface area contributed by atoms with E-state index in [1.807, 2.05) is 0 Å². The molecular formula is C16H14N2O6. The number of imide groups is 1. The van der Waals surface area contributed by atoms with E-state index in [1.165, 1.54) is 25.3 Å². The number of nitro benzene ring substituents is 1. The Kier molecular flexibility index (Phi) is 2.86. The zero-order chi connectivity index (χ0) is 17.2. The summed E-state index contributed by atoms with van der Waals surface area (Å²) in [6.07, 6.45) is 3.10. The summed E-state index contributed by atoms with van der Waals surface area (Å²) in [6, 6.07) is 4.06. The average Bonchev–Trinajstić information content (AvgIpc) is 3.16. The van der Waals surface area contributed by atoms with Crippen LogP contribution in [0.5, 0.6) is 5.75 Å². The second-order valence-corrected chi connectivity index (χ2v) is 6.25. The van der Waals surface area contributed by atoms with Crippen molar-refractivity contribution >= 4 is 23.2 Å². The first-order chi connectivity index (χ1) is 11.4. The Bertz CT molecular complexity index is 819. The summed E-state index contributed by atoms with van der Waals surface area (Å²) < 4.78 is 10.7. The predicted octanol–water partition coefficient (Wildman–Crippen LogP) is 1.44. The van der Waals surface area contributed by atoms with E-state index in [0.29, 0.717) is 0 Å². The summed E-state index contributed by atoms with van der Waals surface area (Å²) in [5.74, 6) is -1.93. The number of hydrogen-bond acceptors (Lipinski definition) is 6. The van der Waals surface area contributed by atoms with Crippen molar-refractivity contribution in [2.45, 2.75) is 18.6 Å². The van der Waals surface area contributed by atoms with E-state index in [1.54, 1.807) is 19.1 Å². The third-order valence-corrected chi connectivity index (χ3v) is 4.95. The Balaban J connectivity index is 1.81. The molecule has 124 valence electrons. The van der Waals surface area contributed by atoms with Gasteiger partial charge in [0.1, 0.15) is 11.4 Å². The van der Waals surface area contributed by atoms with Crippen molar-refractivity contribution in [3.05, 3.63) is 40.5 Å². The molecule has 0 radical (unpaired) electrons. The third-order valence-electron chi connectivity index (χ3n) is 4.95. The predicted molar refractivity (Wildman–Crippen MR) is 81.5 cm³/mol. The number of benzene rings is 1. The van der Waals surface area contributed by atoms with Crippen LogP contribution >= 0.6 is 0 Å². The van der Waals surface area contributed by atoms with E-state index in [4.69, 9.17) is 9.47 Å². The summed E-state index contributed by atoms with van der Waals surface area (Å²) in [6.45, 7) is 1.76. The van der Waals surface area contributed by atoms with E-state index in [9.17, 15) is 19.7 Å². The molecular weight excluding hydrogens is 316 g/mol. The minimum atomic E-state index is -0.835. The third kappa shape index (κ3) is 1.71. The van der Waals surface area contributed by atoms with Gasteiger partial charge >= 0.3 is 0 Å². The van der Waals surface area contributed by atoms with Crippen LogP contribution in [0.15, 0.2) is 30.4 Å². The maximum atomic E-state index is 12.9. The smallest absolute Gasteiger partial charge is 0.297 e. The van der Waals surface area contributed by atoms with Crippen molar-refractivity contribution < 1.29 is 24.0 Å². The SMILES string of the molecule is COc1ccc(N2C(=O)[C@H]3[C@@H]4C=C[C@@](C)(O4)[C@@H]3C2=O)c([N+](=O)[O-])c1. The van der Waals surface area contributed by atoms with Crippen LogP contribution in [0, 0.1) is 22.0 Å². The molecule has 4 atom stereocenters. The van der Waals surface area contributed by atoms with Gasteiger partial charge in [-0.1, -0.05) is 12.2 Å². The first-order valence-electron chi connectivity index (χ1n) is 7.45. The number of fused-ring (bicyclic) bond motifs is 5. The number of hydrogen-bond donors (Lipinski definition) is 0. The first kappa shape index (κ1) is 14.8. The van der Waals surface area contributed by atoms with Crippen molar-refractivity contribution in [2.24, 2.45) is 11.8 Å². The molecule has 2 amide bonds. The minimum absolute atomic E-state index is 0.0341. The Hall–Kier alpha value is -2.74. The van der Waals surface area contributed by atoms with Gasteiger partial charge in [0.25, 0.3) is 5.69 Å². The molecule has 1 aromatic carbocycles. The molecule has 1 aromatic rings. The normalized spacial score (nSPS) is 33.2. The van der Waals surface area contributed by atoms with E-state index in [2.05, 4.69) is 0 Å². The van der Waals surface area contributed by atoms with Crippen LogP contribution in [0.25, 0.3) is 0 Å². The molecule has 2 bridgehead atoms. The monoisotopic (exact) mass is 330 g/mol. The highest BCUT2D eigenvalue weighted by atomic mass is 16.6. The molecule has 24 heavy (non-hydrogen) atoms. The van der Waals surface area contributed by atoms with Crippen LogP contribution in [0.3, 0.4) is 0 Å². The highest BCUT2D eigenvalue weighted by Crippen LogP contribution is 2.53. The summed E-state index contributed by atoms with van der Waals surface area (Å²) in [5.41, 5.74) is -1.21. The highest BCUT2D eigenvalue weighted by molar-refractivity contribution is 6.24. The van der Waals surface area contributed by atoms with Crippen molar-refractivity contribution in [2.75, 3.05) is 12.0 Å². The molecule has 8 nitrogen and oxygen atoms in total. The zero-order valence-corrected chi connectivity index (χ0v) is 13.0. The van der Waals surface area contributed by atoms with Crippen molar-refractivity contribution in [3.63, 3.8) is 0 Å². The lowest BCUT2D eigenvalue weighted by molar-refractivity contribution is -0.384. The van der Waals surface area contributed by atoms with Crippen LogP contribution < -0.4 is 9.64 Å². The number of carbonyl (C=O) groups excluding carboxylic acids is 2. The van der Waals surface area contributed by atoms with Gasteiger partial charge in [-0.05, 0) is 19.1 Å². The molecule has 3 aliphatic rings. The largest absolute Gasteiger partial charge is 0.496 e. The summed E-state index contributed by atoms with van der Waals surface area (Å²) in [5, 5.41) is 11.4. The minimum Gasteiger partial charge on any atom is -0.496 e. The fourth-order valence-corrected chi connectivity index (χ4v) is 3.86. The van der Waals surface area contributed by atoms with Crippen LogP contribution in [-0.2, 0) is 14.3 Å². The van der Waals surface area contributed by atoms with Gasteiger partial charge in [0.15, 0.2) is 0 Å². The lowest BCUT2D eigenvalue weighted by Gasteiger charge is -2.24. The van der Waals surface area contributed by atoms with E-state index < -0.39 is 40.3 Å². The lowest BCUT2D eigenvalue weighted by Crippen LogP contribution is -2.38. The Labute approximate surface area is 136 Å². The molecule has 0 N–H and O–H groups in total. The second-order valence-electron chi connectivity index (χ2n) is 6.25. The van der Waals surface area contributed by atoms with Crippen molar-refractivity contribution in [1.82, 2.24) is 0 Å². The number of nitrogens with zero attached hydrogens (tertiary/aromatic N) is 2. The van der Waals surface area contributed by atoms with Gasteiger partial charge < -0.3 is 9.47 Å². The molecule has 3 aliphatic heterocycles. The number of amides is 2.